The van der Waals surface area contributed by atoms with Crippen LogP contribution in [0.2, 0.25) is 0 Å². The average molecular weight is 515 g/mol. The number of pyridine rings is 1. The van der Waals surface area contributed by atoms with Gasteiger partial charge in [0.25, 0.3) is 0 Å². The monoisotopic (exact) mass is 514 g/mol. The predicted molar refractivity (Wildman–Crippen MR) is 134 cm³/mol. The largest absolute Gasteiger partial charge is 0.393 e. The molecule has 2 aromatic rings. The molecule has 10 heteroatoms. The van der Waals surface area contributed by atoms with Gasteiger partial charge in [-0.2, -0.15) is 18.4 Å². The van der Waals surface area contributed by atoms with Crippen LogP contribution in [0.1, 0.15) is 37.7 Å². The van der Waals surface area contributed by atoms with Crippen LogP contribution < -0.4 is 10.3 Å². The van der Waals surface area contributed by atoms with Crippen LogP contribution in [-0.4, -0.2) is 72.8 Å². The summed E-state index contributed by atoms with van der Waals surface area (Å²) in [5.74, 6) is -1.45. The number of rotatable bonds is 5. The van der Waals surface area contributed by atoms with Crippen LogP contribution in [-0.2, 0) is 4.79 Å². The summed E-state index contributed by atoms with van der Waals surface area (Å²) < 4.78 is 42.5. The zero-order valence-corrected chi connectivity index (χ0v) is 21.0. The molecule has 3 aliphatic heterocycles. The van der Waals surface area contributed by atoms with Gasteiger partial charge in [-0.15, -0.1) is 0 Å². The maximum absolute atomic E-state index is 14.2. The van der Waals surface area contributed by atoms with Crippen molar-refractivity contribution < 1.29 is 18.0 Å². The third-order valence-electron chi connectivity index (χ3n) is 8.13. The van der Waals surface area contributed by atoms with Gasteiger partial charge in [-0.3, -0.25) is 15.2 Å². The summed E-state index contributed by atoms with van der Waals surface area (Å²) in [6.45, 7) is 2.76. The topological polar surface area (TPSA) is 75.5 Å². The van der Waals surface area contributed by atoms with Gasteiger partial charge in [0, 0.05) is 62.5 Å². The molecule has 1 aromatic carbocycles. The normalized spacial score (nSPS) is 26.0. The minimum absolute atomic E-state index is 0.0386. The van der Waals surface area contributed by atoms with Gasteiger partial charge < -0.3 is 9.80 Å². The second kappa shape index (κ2) is 10.5. The van der Waals surface area contributed by atoms with E-state index >= 15 is 0 Å². The zero-order chi connectivity index (χ0) is 26.2. The van der Waals surface area contributed by atoms with Crippen LogP contribution in [0.15, 0.2) is 30.5 Å². The summed E-state index contributed by atoms with van der Waals surface area (Å²) >= 11 is 0. The third kappa shape index (κ3) is 5.53. The van der Waals surface area contributed by atoms with E-state index in [9.17, 15) is 23.2 Å². The van der Waals surface area contributed by atoms with E-state index in [1.165, 1.54) is 0 Å². The summed E-state index contributed by atoms with van der Waals surface area (Å²) in [6.07, 6.45) is 0.350. The lowest BCUT2D eigenvalue weighted by Gasteiger charge is -2.47. The number of hydrogen-bond acceptors (Lipinski definition) is 6. The Morgan fingerprint density at radius 2 is 2.00 bits per heavy atom. The molecule has 1 N–H and O–H groups in total. The van der Waals surface area contributed by atoms with Crippen LogP contribution in [0.3, 0.4) is 0 Å². The molecular formula is C27H33F3N6O. The van der Waals surface area contributed by atoms with Gasteiger partial charge in [0.2, 0.25) is 5.91 Å². The molecule has 1 aromatic heterocycles. The smallest absolute Gasteiger partial charge is 0.370 e. The van der Waals surface area contributed by atoms with Gasteiger partial charge in [-0.25, -0.2) is 5.01 Å². The van der Waals surface area contributed by atoms with Crippen LogP contribution in [0.25, 0.3) is 10.9 Å². The Kier molecular flexibility index (Phi) is 7.28. The van der Waals surface area contributed by atoms with E-state index in [-0.39, 0.29) is 30.8 Å². The summed E-state index contributed by atoms with van der Waals surface area (Å²) in [5.41, 5.74) is 4.63. The molecule has 0 aliphatic carbocycles. The molecule has 0 bridgehead atoms. The molecule has 7 nitrogen and oxygen atoms in total. The van der Waals surface area contributed by atoms with Crippen LogP contribution in [0.5, 0.6) is 0 Å². The van der Waals surface area contributed by atoms with E-state index in [2.05, 4.69) is 21.4 Å². The first-order valence-corrected chi connectivity index (χ1v) is 13.1. The SMILES string of the molecule is CN1CC(CC(=O)NN2CCCCC2C2CC(C(F)(F)F)CN(c3ccc(C#N)c4ncccc34)C2)C1. The summed E-state index contributed by atoms with van der Waals surface area (Å²) in [6, 6.07) is 8.92. The Bertz CT molecular complexity index is 1170. The standard InChI is InChI=1S/C27H33F3N6O/c1-34-14-18(15-34)11-25(37)33-36-10-3-2-6-23(36)20-12-21(27(28,29)30)17-35(16-20)24-8-7-19(13-31)26-22(24)5-4-9-32-26/h4-5,7-9,18,20-21,23H,2-3,6,10-12,14-17H2,1H3,(H,33,37). The van der Waals surface area contributed by atoms with Gasteiger partial charge >= 0.3 is 6.18 Å². The number of amides is 1. The first-order chi connectivity index (χ1) is 17.7. The average Bonchev–Trinajstić information content (AvgIpc) is 2.86. The Morgan fingerprint density at radius 1 is 1.19 bits per heavy atom. The highest BCUT2D eigenvalue weighted by Crippen LogP contribution is 2.41. The molecule has 0 spiro atoms. The first-order valence-electron chi connectivity index (χ1n) is 13.1. The number of hydrazine groups is 1. The van der Waals surface area contributed by atoms with Crippen molar-refractivity contribution in [2.24, 2.45) is 17.8 Å². The fourth-order valence-electron chi connectivity index (χ4n) is 6.39. The molecule has 37 heavy (non-hydrogen) atoms. The van der Waals surface area contributed by atoms with E-state index < -0.39 is 12.1 Å². The molecule has 5 rings (SSSR count). The molecule has 3 aliphatic rings. The fourth-order valence-corrected chi connectivity index (χ4v) is 6.39. The van der Waals surface area contributed by atoms with Crippen molar-refractivity contribution in [2.45, 2.75) is 44.3 Å². The quantitative estimate of drug-likeness (QED) is 0.652. The number of fused-ring (bicyclic) bond motifs is 1. The Labute approximate surface area is 215 Å². The van der Waals surface area contributed by atoms with E-state index in [1.807, 2.05) is 23.0 Å². The molecule has 3 unspecified atom stereocenters. The fraction of sp³-hybridized carbons (Fsp3) is 0.593. The van der Waals surface area contributed by atoms with Crippen molar-refractivity contribution in [1.82, 2.24) is 20.3 Å². The van der Waals surface area contributed by atoms with Crippen molar-refractivity contribution in [1.29, 1.82) is 5.26 Å². The van der Waals surface area contributed by atoms with Crippen molar-refractivity contribution >= 4 is 22.5 Å². The summed E-state index contributed by atoms with van der Waals surface area (Å²) in [7, 11) is 2.02. The van der Waals surface area contributed by atoms with Gasteiger partial charge in [0.15, 0.2) is 0 Å². The highest BCUT2D eigenvalue weighted by molar-refractivity contribution is 5.95. The number of alkyl halides is 3. The second-order valence-corrected chi connectivity index (χ2v) is 10.9. The van der Waals surface area contributed by atoms with E-state index in [0.29, 0.717) is 47.6 Å². The van der Waals surface area contributed by atoms with E-state index in [1.54, 1.807) is 24.4 Å². The number of halogens is 3. The number of carbonyl (C=O) groups is 1. The molecule has 4 heterocycles. The van der Waals surface area contributed by atoms with Crippen LogP contribution in [0, 0.1) is 29.1 Å². The number of nitriles is 1. The third-order valence-corrected chi connectivity index (χ3v) is 8.13. The Balaban J connectivity index is 1.40. The zero-order valence-electron chi connectivity index (χ0n) is 21.0. The second-order valence-electron chi connectivity index (χ2n) is 10.9. The maximum atomic E-state index is 14.2. The lowest BCUT2D eigenvalue weighted by molar-refractivity contribution is -0.182. The van der Waals surface area contributed by atoms with Gasteiger partial charge in [-0.1, -0.05) is 6.42 Å². The highest BCUT2D eigenvalue weighted by Gasteiger charge is 2.47. The number of likely N-dealkylation sites (tertiary alicyclic amines) is 1. The van der Waals surface area contributed by atoms with Crippen LogP contribution >= 0.6 is 0 Å². The molecule has 0 saturated carbocycles. The first kappa shape index (κ1) is 25.7. The van der Waals surface area contributed by atoms with Gasteiger partial charge in [-0.05, 0) is 62.4 Å². The molecule has 3 atom stereocenters. The lowest BCUT2D eigenvalue weighted by atomic mass is 9.80. The molecule has 1 amide bonds. The number of aromatic nitrogens is 1. The Morgan fingerprint density at radius 3 is 2.73 bits per heavy atom. The lowest BCUT2D eigenvalue weighted by Crippen LogP contribution is -2.58. The minimum Gasteiger partial charge on any atom is -0.370 e. The highest BCUT2D eigenvalue weighted by atomic mass is 19.4. The predicted octanol–water partition coefficient (Wildman–Crippen LogP) is 3.95. The molecular weight excluding hydrogens is 481 g/mol. The number of hydrogen-bond donors (Lipinski definition) is 1. The van der Waals surface area contributed by atoms with Gasteiger partial charge in [0.05, 0.1) is 17.0 Å². The van der Waals surface area contributed by atoms with E-state index in [4.69, 9.17) is 0 Å². The Hall–Kier alpha value is -2.90. The maximum Gasteiger partial charge on any atom is 0.393 e. The molecule has 3 saturated heterocycles. The molecule has 3 fully saturated rings. The van der Waals surface area contributed by atoms with Crippen molar-refractivity contribution in [3.8, 4) is 6.07 Å². The minimum atomic E-state index is -4.32. The number of piperidine rings is 2. The van der Waals surface area contributed by atoms with Crippen molar-refractivity contribution in [3.63, 3.8) is 0 Å². The van der Waals surface area contributed by atoms with Crippen molar-refractivity contribution in [3.05, 3.63) is 36.0 Å². The number of anilines is 1. The van der Waals surface area contributed by atoms with Crippen LogP contribution in [0.4, 0.5) is 18.9 Å². The molecule has 0 radical (unpaired) electrons. The van der Waals surface area contributed by atoms with E-state index in [0.717, 1.165) is 32.4 Å². The molecule has 198 valence electrons. The van der Waals surface area contributed by atoms with Crippen molar-refractivity contribution in [2.75, 3.05) is 44.7 Å². The summed E-state index contributed by atoms with van der Waals surface area (Å²) in [4.78, 5) is 21.1. The van der Waals surface area contributed by atoms with Gasteiger partial charge in [0.1, 0.15) is 6.07 Å². The number of benzene rings is 1. The number of carbonyl (C=O) groups excluding carboxylic acids is 1. The number of nitrogens with zero attached hydrogens (tertiary/aromatic N) is 5. The number of nitrogens with one attached hydrogen (secondary N) is 1. The summed E-state index contributed by atoms with van der Waals surface area (Å²) in [5, 5.41) is 12.1.